The number of nitrogens with one attached hydrogen (secondary N) is 1. The molecule has 1 N–H and O–H groups in total. The first-order chi connectivity index (χ1) is 7.66. The second-order valence-corrected chi connectivity index (χ2v) is 5.49. The summed E-state index contributed by atoms with van der Waals surface area (Å²) in [5.74, 6) is -0.678. The molecule has 2 nitrogen and oxygen atoms in total. The van der Waals surface area contributed by atoms with Gasteiger partial charge >= 0.3 is 0 Å². The molecule has 1 unspecified atom stereocenters. The largest absolute Gasteiger partial charge is 0.316 e. The Hall–Kier alpha value is -0.810. The van der Waals surface area contributed by atoms with Crippen molar-refractivity contribution < 1.29 is 13.0 Å². The van der Waals surface area contributed by atoms with E-state index in [1.165, 1.54) is 12.1 Å². The maximum absolute atomic E-state index is 13.3. The standard InChI is InChI=1S/C11H13F2NOS/c12-10-3-1-2-9(11(10)13)7-16(15)6-8-4-14-5-8/h1-3,8,14H,4-7H2. The van der Waals surface area contributed by atoms with Gasteiger partial charge in [0.1, 0.15) is 0 Å². The normalized spacial score (nSPS) is 18.1. The molecule has 1 fully saturated rings. The van der Waals surface area contributed by atoms with Gasteiger partial charge in [0, 0.05) is 35.2 Å². The fraction of sp³-hybridized carbons (Fsp3) is 0.455. The minimum absolute atomic E-state index is 0.0973. The van der Waals surface area contributed by atoms with Crippen molar-refractivity contribution in [1.29, 1.82) is 0 Å². The zero-order valence-electron chi connectivity index (χ0n) is 8.71. The van der Waals surface area contributed by atoms with E-state index in [1.807, 2.05) is 0 Å². The molecule has 1 saturated heterocycles. The fourth-order valence-corrected chi connectivity index (χ4v) is 3.07. The van der Waals surface area contributed by atoms with Crippen molar-refractivity contribution in [2.75, 3.05) is 18.8 Å². The Morgan fingerprint density at radius 2 is 2.12 bits per heavy atom. The predicted molar refractivity (Wildman–Crippen MR) is 59.4 cm³/mol. The average molecular weight is 245 g/mol. The van der Waals surface area contributed by atoms with Crippen LogP contribution < -0.4 is 5.32 Å². The van der Waals surface area contributed by atoms with Crippen LogP contribution in [0.15, 0.2) is 18.2 Å². The molecule has 1 aliphatic rings. The SMILES string of the molecule is O=S(Cc1cccc(F)c1F)CC1CNC1. The third kappa shape index (κ3) is 2.65. The van der Waals surface area contributed by atoms with Crippen molar-refractivity contribution in [3.8, 4) is 0 Å². The molecule has 16 heavy (non-hydrogen) atoms. The van der Waals surface area contributed by atoms with E-state index in [0.29, 0.717) is 11.7 Å². The molecular weight excluding hydrogens is 232 g/mol. The molecule has 88 valence electrons. The van der Waals surface area contributed by atoms with Crippen LogP contribution in [-0.2, 0) is 16.6 Å². The zero-order chi connectivity index (χ0) is 11.5. The summed E-state index contributed by atoms with van der Waals surface area (Å²) in [6.45, 7) is 1.74. The number of hydrogen-bond acceptors (Lipinski definition) is 2. The van der Waals surface area contributed by atoms with Gasteiger partial charge in [-0.1, -0.05) is 12.1 Å². The van der Waals surface area contributed by atoms with Gasteiger partial charge in [-0.25, -0.2) is 8.78 Å². The molecule has 1 aromatic carbocycles. The minimum atomic E-state index is -1.11. The van der Waals surface area contributed by atoms with Gasteiger partial charge in [0.05, 0.1) is 5.75 Å². The first-order valence-corrected chi connectivity index (χ1v) is 6.64. The van der Waals surface area contributed by atoms with Crippen molar-refractivity contribution in [1.82, 2.24) is 5.32 Å². The van der Waals surface area contributed by atoms with Crippen molar-refractivity contribution in [3.63, 3.8) is 0 Å². The van der Waals surface area contributed by atoms with Gasteiger partial charge < -0.3 is 5.32 Å². The first kappa shape index (κ1) is 11.7. The molecule has 0 aromatic heterocycles. The monoisotopic (exact) mass is 245 g/mol. The van der Waals surface area contributed by atoms with Gasteiger partial charge in [0.15, 0.2) is 11.6 Å². The highest BCUT2D eigenvalue weighted by atomic mass is 32.2. The molecule has 0 bridgehead atoms. The molecule has 0 aliphatic carbocycles. The van der Waals surface area contributed by atoms with Crippen LogP contribution in [0.1, 0.15) is 5.56 Å². The summed E-state index contributed by atoms with van der Waals surface area (Å²) < 4.78 is 37.8. The van der Waals surface area contributed by atoms with E-state index in [-0.39, 0.29) is 11.3 Å². The summed E-state index contributed by atoms with van der Waals surface area (Å²) >= 11 is 0. The van der Waals surface area contributed by atoms with Crippen LogP contribution in [0, 0.1) is 17.6 Å². The summed E-state index contributed by atoms with van der Waals surface area (Å²) in [6.07, 6.45) is 0. The Morgan fingerprint density at radius 3 is 2.75 bits per heavy atom. The molecule has 1 atom stereocenters. The highest BCUT2D eigenvalue weighted by Gasteiger charge is 2.20. The van der Waals surface area contributed by atoms with E-state index in [0.717, 1.165) is 19.2 Å². The van der Waals surface area contributed by atoms with E-state index in [1.54, 1.807) is 0 Å². The van der Waals surface area contributed by atoms with Crippen molar-refractivity contribution >= 4 is 10.8 Å². The lowest BCUT2D eigenvalue weighted by molar-refractivity contribution is 0.382. The Kier molecular flexibility index (Phi) is 3.66. The lowest BCUT2D eigenvalue weighted by Gasteiger charge is -2.26. The summed E-state index contributed by atoms with van der Waals surface area (Å²) in [7, 11) is -1.11. The molecule has 0 spiro atoms. The summed E-state index contributed by atoms with van der Waals surface area (Å²) in [6, 6.07) is 3.99. The maximum Gasteiger partial charge on any atom is 0.162 e. The fourth-order valence-electron chi connectivity index (χ4n) is 1.62. The van der Waals surface area contributed by atoms with E-state index in [4.69, 9.17) is 0 Å². The molecule has 0 radical (unpaired) electrons. The summed E-state index contributed by atoms with van der Waals surface area (Å²) in [5.41, 5.74) is 0.200. The lowest BCUT2D eigenvalue weighted by atomic mass is 10.1. The van der Waals surface area contributed by atoms with Crippen LogP contribution in [0.4, 0.5) is 8.78 Å². The third-order valence-corrected chi connectivity index (χ3v) is 4.11. The van der Waals surface area contributed by atoms with Gasteiger partial charge in [-0.2, -0.15) is 0 Å². The molecule has 1 heterocycles. The number of halogens is 2. The molecule has 0 saturated carbocycles. The second-order valence-electron chi connectivity index (χ2n) is 3.99. The van der Waals surface area contributed by atoms with Crippen molar-refractivity contribution in [3.05, 3.63) is 35.4 Å². The average Bonchev–Trinajstić information content (AvgIpc) is 2.19. The van der Waals surface area contributed by atoms with Gasteiger partial charge in [0.2, 0.25) is 0 Å². The summed E-state index contributed by atoms with van der Waals surface area (Å²) in [5, 5.41) is 3.08. The Bertz CT molecular complexity index is 407. The smallest absolute Gasteiger partial charge is 0.162 e. The highest BCUT2D eigenvalue weighted by Crippen LogP contribution is 2.15. The van der Waals surface area contributed by atoms with E-state index >= 15 is 0 Å². The van der Waals surface area contributed by atoms with Crippen LogP contribution in [-0.4, -0.2) is 23.1 Å². The first-order valence-electron chi connectivity index (χ1n) is 5.15. The molecule has 1 aliphatic heterocycles. The van der Waals surface area contributed by atoms with Crippen LogP contribution in [0.5, 0.6) is 0 Å². The van der Waals surface area contributed by atoms with Gasteiger partial charge in [0.25, 0.3) is 0 Å². The molecular formula is C11H13F2NOS. The van der Waals surface area contributed by atoms with E-state index < -0.39 is 22.4 Å². The third-order valence-electron chi connectivity index (χ3n) is 2.64. The zero-order valence-corrected chi connectivity index (χ0v) is 9.53. The number of benzene rings is 1. The molecule has 1 aromatic rings. The van der Waals surface area contributed by atoms with Gasteiger partial charge in [-0.15, -0.1) is 0 Å². The van der Waals surface area contributed by atoms with Crippen LogP contribution in [0.3, 0.4) is 0 Å². The van der Waals surface area contributed by atoms with Gasteiger partial charge in [-0.3, -0.25) is 4.21 Å². The quantitative estimate of drug-likeness (QED) is 0.869. The second kappa shape index (κ2) is 5.01. The van der Waals surface area contributed by atoms with Crippen LogP contribution in [0.25, 0.3) is 0 Å². The Balaban J connectivity index is 1.97. The Morgan fingerprint density at radius 1 is 1.38 bits per heavy atom. The van der Waals surface area contributed by atoms with Crippen molar-refractivity contribution in [2.24, 2.45) is 5.92 Å². The highest BCUT2D eigenvalue weighted by molar-refractivity contribution is 7.84. The molecule has 0 amide bonds. The van der Waals surface area contributed by atoms with E-state index in [9.17, 15) is 13.0 Å². The summed E-state index contributed by atoms with van der Waals surface area (Å²) in [4.78, 5) is 0. The van der Waals surface area contributed by atoms with Gasteiger partial charge in [-0.05, 0) is 12.0 Å². The molecule has 5 heteroatoms. The van der Waals surface area contributed by atoms with Crippen LogP contribution >= 0.6 is 0 Å². The lowest BCUT2D eigenvalue weighted by Crippen LogP contribution is -2.44. The van der Waals surface area contributed by atoms with E-state index in [2.05, 4.69) is 5.32 Å². The number of hydrogen-bond donors (Lipinski definition) is 1. The number of rotatable bonds is 4. The molecule has 2 rings (SSSR count). The maximum atomic E-state index is 13.3. The Labute approximate surface area is 95.5 Å². The minimum Gasteiger partial charge on any atom is -0.316 e. The van der Waals surface area contributed by atoms with Crippen LogP contribution in [0.2, 0.25) is 0 Å². The predicted octanol–water partition coefficient (Wildman–Crippen LogP) is 1.43. The van der Waals surface area contributed by atoms with Crippen molar-refractivity contribution in [2.45, 2.75) is 5.75 Å². The topological polar surface area (TPSA) is 29.1 Å².